The van der Waals surface area contributed by atoms with Crippen molar-refractivity contribution in [3.8, 4) is 55.6 Å². The molecule has 14 rings (SSSR count). The molecule has 0 atom stereocenters. The Morgan fingerprint density at radius 3 is 1.64 bits per heavy atom. The first-order valence-electron chi connectivity index (χ1n) is 25.2. The molecule has 0 unspecified atom stereocenters. The molecule has 1 nitrogen and oxygen atoms in total. The van der Waals surface area contributed by atoms with Crippen molar-refractivity contribution in [3.05, 3.63) is 307 Å². The second kappa shape index (κ2) is 17.6. The van der Waals surface area contributed by atoms with Crippen LogP contribution in [0.25, 0.3) is 86.6 Å². The van der Waals surface area contributed by atoms with E-state index in [1.165, 1.54) is 103 Å². The third-order valence-corrected chi connectivity index (χ3v) is 16.4. The van der Waals surface area contributed by atoms with Gasteiger partial charge in [0.25, 0.3) is 0 Å². The molecule has 2 heteroatoms. The van der Waals surface area contributed by atoms with E-state index in [9.17, 15) is 0 Å². The Kier molecular flexibility index (Phi) is 10.3. The number of hydrogen-bond donors (Lipinski definition) is 0. The maximum atomic E-state index is 2.48. The topological polar surface area (TPSA) is 3.24 Å². The Morgan fingerprint density at radius 1 is 0.301 bits per heavy atom. The van der Waals surface area contributed by atoms with Gasteiger partial charge in [-0.2, -0.15) is 0 Å². The normalized spacial score (nSPS) is 12.5. The Balaban J connectivity index is 0.944. The molecule has 1 aliphatic carbocycles. The second-order valence-corrected chi connectivity index (χ2v) is 20.2. The zero-order valence-electron chi connectivity index (χ0n) is 40.0. The Hall–Kier alpha value is -9.08. The fourth-order valence-electron chi connectivity index (χ4n) is 11.9. The minimum atomic E-state index is -0.490. The molecule has 0 fully saturated rings. The van der Waals surface area contributed by atoms with Gasteiger partial charge in [-0.25, -0.2) is 0 Å². The van der Waals surface area contributed by atoms with E-state index in [1.807, 2.05) is 11.3 Å². The van der Waals surface area contributed by atoms with Gasteiger partial charge < -0.3 is 4.90 Å². The fraction of sp³-hybridized carbons (Fsp3) is 0.0141. The van der Waals surface area contributed by atoms with Crippen LogP contribution in [0.2, 0.25) is 0 Å². The molecule has 0 bridgehead atoms. The Morgan fingerprint density at radius 2 is 0.849 bits per heavy atom. The van der Waals surface area contributed by atoms with Crippen molar-refractivity contribution in [2.75, 3.05) is 4.90 Å². The summed E-state index contributed by atoms with van der Waals surface area (Å²) in [4.78, 5) is 2.48. The molecule has 73 heavy (non-hydrogen) atoms. The van der Waals surface area contributed by atoms with Crippen LogP contribution >= 0.6 is 11.3 Å². The molecular weight excluding hydrogens is 899 g/mol. The van der Waals surface area contributed by atoms with E-state index in [0.29, 0.717) is 0 Å². The number of thiophene rings is 1. The van der Waals surface area contributed by atoms with Gasteiger partial charge in [-0.3, -0.25) is 0 Å². The molecule has 0 N–H and O–H groups in total. The lowest BCUT2D eigenvalue weighted by Crippen LogP contribution is -2.28. The van der Waals surface area contributed by atoms with E-state index in [2.05, 4.69) is 290 Å². The third kappa shape index (κ3) is 7.06. The molecular formula is C71H47NS. The van der Waals surface area contributed by atoms with Crippen LogP contribution in [0.4, 0.5) is 17.1 Å². The van der Waals surface area contributed by atoms with E-state index in [4.69, 9.17) is 0 Å². The largest absolute Gasteiger partial charge is 0.310 e. The van der Waals surface area contributed by atoms with Crippen LogP contribution in [-0.4, -0.2) is 0 Å². The second-order valence-electron chi connectivity index (χ2n) is 19.1. The highest BCUT2D eigenvalue weighted by Gasteiger charge is 2.46. The summed E-state index contributed by atoms with van der Waals surface area (Å²) in [6.07, 6.45) is 0. The highest BCUT2D eigenvalue weighted by molar-refractivity contribution is 7.26. The summed E-state index contributed by atoms with van der Waals surface area (Å²) in [5.41, 5.74) is 20.1. The summed E-state index contributed by atoms with van der Waals surface area (Å²) in [7, 11) is 0. The predicted molar refractivity (Wildman–Crippen MR) is 311 cm³/mol. The zero-order chi connectivity index (χ0) is 48.3. The van der Waals surface area contributed by atoms with Gasteiger partial charge in [0.2, 0.25) is 0 Å². The van der Waals surface area contributed by atoms with Crippen LogP contribution in [-0.2, 0) is 5.41 Å². The van der Waals surface area contributed by atoms with Gasteiger partial charge in [-0.15, -0.1) is 11.3 Å². The Bertz CT molecular complexity index is 4150. The fourth-order valence-corrected chi connectivity index (χ4v) is 13.1. The number of anilines is 3. The lowest BCUT2D eigenvalue weighted by atomic mass is 9.67. The molecule has 342 valence electrons. The molecule has 0 saturated carbocycles. The number of benzene rings is 12. The van der Waals surface area contributed by atoms with Crippen LogP contribution in [0.3, 0.4) is 0 Å². The minimum absolute atomic E-state index is 0.490. The van der Waals surface area contributed by atoms with Crippen LogP contribution < -0.4 is 4.90 Å². The molecule has 0 spiro atoms. The molecule has 1 aromatic heterocycles. The van der Waals surface area contributed by atoms with Gasteiger partial charge in [-0.1, -0.05) is 237 Å². The molecule has 1 aliphatic rings. The molecule has 0 aliphatic heterocycles. The SMILES string of the molecule is c1ccc(-c2ccc(N(c3ccc(-c4cccc(-c5cccc6ccccc56)c4)cc3)c3cccc(-c4ccc5c(c4)C(c4ccccc4)(c4ccccc4)c4ccccc4-5)c3)c3c2sc2ccccc23)cc1. The maximum absolute atomic E-state index is 2.48. The van der Waals surface area contributed by atoms with E-state index >= 15 is 0 Å². The lowest BCUT2D eigenvalue weighted by Gasteiger charge is -2.34. The van der Waals surface area contributed by atoms with Crippen molar-refractivity contribution in [1.29, 1.82) is 0 Å². The van der Waals surface area contributed by atoms with Gasteiger partial charge in [-0.05, 0) is 137 Å². The molecule has 0 saturated heterocycles. The zero-order valence-corrected chi connectivity index (χ0v) is 40.8. The van der Waals surface area contributed by atoms with Crippen molar-refractivity contribution in [3.63, 3.8) is 0 Å². The highest BCUT2D eigenvalue weighted by Crippen LogP contribution is 2.57. The quantitative estimate of drug-likeness (QED) is 0.139. The van der Waals surface area contributed by atoms with Gasteiger partial charge in [0, 0.05) is 31.5 Å². The van der Waals surface area contributed by atoms with E-state index in [-0.39, 0.29) is 0 Å². The molecule has 13 aromatic rings. The number of rotatable bonds is 9. The summed E-state index contributed by atoms with van der Waals surface area (Å²) in [6, 6.07) is 105. The molecule has 0 amide bonds. The first-order chi connectivity index (χ1) is 36.2. The van der Waals surface area contributed by atoms with Crippen LogP contribution in [0.1, 0.15) is 22.3 Å². The number of nitrogens with zero attached hydrogens (tertiary/aromatic N) is 1. The third-order valence-electron chi connectivity index (χ3n) is 15.1. The molecule has 0 radical (unpaired) electrons. The van der Waals surface area contributed by atoms with Gasteiger partial charge in [0.1, 0.15) is 0 Å². The number of fused-ring (bicyclic) bond motifs is 7. The van der Waals surface area contributed by atoms with Crippen molar-refractivity contribution < 1.29 is 0 Å². The summed E-state index contributed by atoms with van der Waals surface area (Å²) >= 11 is 1.88. The average molecular weight is 946 g/mol. The monoisotopic (exact) mass is 945 g/mol. The van der Waals surface area contributed by atoms with Crippen LogP contribution in [0, 0.1) is 0 Å². The first kappa shape index (κ1) is 42.8. The number of hydrogen-bond acceptors (Lipinski definition) is 2. The predicted octanol–water partition coefficient (Wildman–Crippen LogP) is 19.7. The van der Waals surface area contributed by atoms with Crippen LogP contribution in [0.15, 0.2) is 285 Å². The van der Waals surface area contributed by atoms with Gasteiger partial charge in [0.15, 0.2) is 0 Å². The standard InChI is InChI=1S/C71H47NS/c1-4-19-50(20-5-1)61-43-44-67(69-64-33-13-15-36-68(64)73-70(61)69)72(57-40-37-48(38-41-57)51-23-16-25-54(45-51)60-34-18-22-49-21-10-11-31-59(49)60)58-30-17-24-52(46-58)53-39-42-63-62-32-12-14-35-65(62)71(66(63)47-53,55-26-6-2-7-27-55)56-28-8-3-9-29-56/h1-47H. The van der Waals surface area contributed by atoms with Gasteiger partial charge >= 0.3 is 0 Å². The van der Waals surface area contributed by atoms with Gasteiger partial charge in [0.05, 0.1) is 11.1 Å². The average Bonchev–Trinajstić information content (AvgIpc) is 4.03. The van der Waals surface area contributed by atoms with E-state index in [1.54, 1.807) is 0 Å². The smallest absolute Gasteiger partial charge is 0.0713 e. The minimum Gasteiger partial charge on any atom is -0.310 e. The van der Waals surface area contributed by atoms with Crippen molar-refractivity contribution >= 4 is 59.3 Å². The van der Waals surface area contributed by atoms with E-state index < -0.39 is 5.41 Å². The summed E-state index contributed by atoms with van der Waals surface area (Å²) in [6.45, 7) is 0. The summed E-state index contributed by atoms with van der Waals surface area (Å²) in [5.74, 6) is 0. The van der Waals surface area contributed by atoms with Crippen molar-refractivity contribution in [1.82, 2.24) is 0 Å². The van der Waals surface area contributed by atoms with Crippen LogP contribution in [0.5, 0.6) is 0 Å². The van der Waals surface area contributed by atoms with Crippen molar-refractivity contribution in [2.45, 2.75) is 5.41 Å². The summed E-state index contributed by atoms with van der Waals surface area (Å²) in [5, 5.41) is 5.02. The maximum Gasteiger partial charge on any atom is 0.0713 e. The summed E-state index contributed by atoms with van der Waals surface area (Å²) < 4.78 is 2.56. The van der Waals surface area contributed by atoms with Crippen molar-refractivity contribution in [2.24, 2.45) is 0 Å². The first-order valence-corrected chi connectivity index (χ1v) is 26.0. The van der Waals surface area contributed by atoms with E-state index in [0.717, 1.165) is 22.6 Å². The highest BCUT2D eigenvalue weighted by atomic mass is 32.1. The lowest BCUT2D eigenvalue weighted by molar-refractivity contribution is 0.769. The molecule has 1 heterocycles. The Labute approximate surface area is 430 Å². The molecule has 12 aromatic carbocycles.